The van der Waals surface area contributed by atoms with Crippen LogP contribution in [0.1, 0.15) is 41.5 Å². The van der Waals surface area contributed by atoms with Gasteiger partial charge < -0.3 is 4.74 Å². The monoisotopic (exact) mass is 185 g/mol. The van der Waals surface area contributed by atoms with Gasteiger partial charge in [-0.3, -0.25) is 4.90 Å². The Kier molecular flexibility index (Phi) is 2.75. The van der Waals surface area contributed by atoms with Gasteiger partial charge in [0.25, 0.3) is 0 Å². The van der Waals surface area contributed by atoms with Crippen molar-refractivity contribution in [2.75, 3.05) is 13.2 Å². The molecular formula is C11H23NO. The highest BCUT2D eigenvalue weighted by molar-refractivity contribution is 4.90. The van der Waals surface area contributed by atoms with Crippen LogP contribution in [-0.4, -0.2) is 35.2 Å². The molecule has 0 amide bonds. The van der Waals surface area contributed by atoms with Crippen LogP contribution in [0.2, 0.25) is 0 Å². The van der Waals surface area contributed by atoms with E-state index in [2.05, 4.69) is 46.4 Å². The molecule has 13 heavy (non-hydrogen) atoms. The molecule has 0 bridgehead atoms. The zero-order valence-corrected chi connectivity index (χ0v) is 9.85. The lowest BCUT2D eigenvalue weighted by molar-refractivity contribution is -0.134. The predicted molar refractivity (Wildman–Crippen MR) is 56.0 cm³/mol. The van der Waals surface area contributed by atoms with E-state index in [0.29, 0.717) is 6.04 Å². The normalized spacial score (nSPS) is 30.5. The van der Waals surface area contributed by atoms with Gasteiger partial charge in [-0.1, -0.05) is 0 Å². The van der Waals surface area contributed by atoms with Crippen LogP contribution < -0.4 is 0 Å². The Bertz CT molecular complexity index is 181. The number of morpholine rings is 1. The molecule has 2 nitrogen and oxygen atoms in total. The molecule has 1 fully saturated rings. The van der Waals surface area contributed by atoms with Gasteiger partial charge in [-0.25, -0.2) is 0 Å². The zero-order valence-electron chi connectivity index (χ0n) is 9.85. The lowest BCUT2D eigenvalue weighted by Gasteiger charge is -2.48. The van der Waals surface area contributed by atoms with Crippen molar-refractivity contribution in [1.29, 1.82) is 0 Å². The molecule has 1 atom stereocenters. The highest BCUT2D eigenvalue weighted by Crippen LogP contribution is 2.26. The summed E-state index contributed by atoms with van der Waals surface area (Å²) >= 11 is 0. The second kappa shape index (κ2) is 3.25. The molecule has 1 rings (SSSR count). The topological polar surface area (TPSA) is 12.5 Å². The third kappa shape index (κ3) is 2.68. The van der Waals surface area contributed by atoms with Crippen LogP contribution in [0.15, 0.2) is 0 Å². The standard InChI is InChI=1S/C11H23NO/c1-9-7-13-11(5,6)8-12(9)10(2,3)4/h9H,7-8H2,1-6H3/t9-/m1/s1. The number of hydrogen-bond acceptors (Lipinski definition) is 2. The summed E-state index contributed by atoms with van der Waals surface area (Å²) < 4.78 is 5.76. The maximum absolute atomic E-state index is 5.76. The lowest BCUT2D eigenvalue weighted by atomic mass is 9.97. The molecule has 2 heteroatoms. The van der Waals surface area contributed by atoms with E-state index < -0.39 is 0 Å². The van der Waals surface area contributed by atoms with Crippen molar-refractivity contribution in [3.05, 3.63) is 0 Å². The van der Waals surface area contributed by atoms with Gasteiger partial charge in [0.05, 0.1) is 12.2 Å². The van der Waals surface area contributed by atoms with Crippen LogP contribution in [0.4, 0.5) is 0 Å². The van der Waals surface area contributed by atoms with Gasteiger partial charge in [0, 0.05) is 18.1 Å². The highest BCUT2D eigenvalue weighted by Gasteiger charge is 2.36. The van der Waals surface area contributed by atoms with Crippen LogP contribution in [0.25, 0.3) is 0 Å². The minimum atomic E-state index is 0.0137. The second-order valence-corrected chi connectivity index (χ2v) is 5.72. The summed E-state index contributed by atoms with van der Waals surface area (Å²) in [5, 5.41) is 0. The molecule has 0 spiro atoms. The summed E-state index contributed by atoms with van der Waals surface area (Å²) in [6, 6.07) is 0.535. The number of nitrogens with zero attached hydrogens (tertiary/aromatic N) is 1. The van der Waals surface area contributed by atoms with E-state index in [1.165, 1.54) is 0 Å². The Morgan fingerprint density at radius 1 is 1.31 bits per heavy atom. The van der Waals surface area contributed by atoms with Crippen molar-refractivity contribution in [3.63, 3.8) is 0 Å². The summed E-state index contributed by atoms with van der Waals surface area (Å²) in [6.45, 7) is 15.2. The van der Waals surface area contributed by atoms with Crippen molar-refractivity contribution >= 4 is 0 Å². The first-order chi connectivity index (χ1) is 5.72. The number of ether oxygens (including phenoxy) is 1. The molecule has 0 unspecified atom stereocenters. The summed E-state index contributed by atoms with van der Waals surface area (Å²) in [5.41, 5.74) is 0.264. The molecule has 0 aromatic carbocycles. The van der Waals surface area contributed by atoms with Crippen molar-refractivity contribution in [2.24, 2.45) is 0 Å². The van der Waals surface area contributed by atoms with E-state index in [1.807, 2.05) is 0 Å². The third-order valence-corrected chi connectivity index (χ3v) is 2.66. The second-order valence-electron chi connectivity index (χ2n) is 5.72. The van der Waals surface area contributed by atoms with E-state index in [4.69, 9.17) is 4.74 Å². The van der Waals surface area contributed by atoms with Crippen LogP contribution in [0.5, 0.6) is 0 Å². The zero-order chi connectivity index (χ0) is 10.3. The average molecular weight is 185 g/mol. The molecule has 0 aromatic heterocycles. The fourth-order valence-electron chi connectivity index (χ4n) is 1.95. The van der Waals surface area contributed by atoms with Gasteiger partial charge in [0.15, 0.2) is 0 Å². The summed E-state index contributed by atoms with van der Waals surface area (Å²) in [4.78, 5) is 2.52. The predicted octanol–water partition coefficient (Wildman–Crippen LogP) is 2.28. The summed E-state index contributed by atoms with van der Waals surface area (Å²) in [5.74, 6) is 0. The number of hydrogen-bond donors (Lipinski definition) is 0. The van der Waals surface area contributed by atoms with Crippen LogP contribution in [0, 0.1) is 0 Å². The number of rotatable bonds is 0. The molecule has 1 aliphatic rings. The molecule has 0 radical (unpaired) electrons. The SMILES string of the molecule is C[C@@H]1COC(C)(C)CN1C(C)(C)C. The molecule has 0 saturated carbocycles. The molecule has 78 valence electrons. The van der Waals surface area contributed by atoms with E-state index >= 15 is 0 Å². The Morgan fingerprint density at radius 2 is 1.85 bits per heavy atom. The van der Waals surface area contributed by atoms with Gasteiger partial charge in [0.1, 0.15) is 0 Å². The first-order valence-corrected chi connectivity index (χ1v) is 5.13. The van der Waals surface area contributed by atoms with Crippen molar-refractivity contribution in [1.82, 2.24) is 4.90 Å². The maximum Gasteiger partial charge on any atom is 0.0753 e. The van der Waals surface area contributed by atoms with Crippen molar-refractivity contribution in [2.45, 2.75) is 58.7 Å². The molecule has 0 aliphatic carbocycles. The van der Waals surface area contributed by atoms with Gasteiger partial charge >= 0.3 is 0 Å². The van der Waals surface area contributed by atoms with E-state index in [0.717, 1.165) is 13.2 Å². The average Bonchev–Trinajstić information content (AvgIpc) is 1.92. The minimum absolute atomic E-state index is 0.0137. The molecule has 1 heterocycles. The van der Waals surface area contributed by atoms with Crippen LogP contribution in [0.3, 0.4) is 0 Å². The van der Waals surface area contributed by atoms with E-state index in [9.17, 15) is 0 Å². The highest BCUT2D eigenvalue weighted by atomic mass is 16.5. The quantitative estimate of drug-likeness (QED) is 0.574. The lowest BCUT2D eigenvalue weighted by Crippen LogP contribution is -2.59. The smallest absolute Gasteiger partial charge is 0.0753 e. The minimum Gasteiger partial charge on any atom is -0.373 e. The van der Waals surface area contributed by atoms with Crippen molar-refractivity contribution in [3.8, 4) is 0 Å². The molecule has 0 aromatic rings. The first-order valence-electron chi connectivity index (χ1n) is 5.13. The largest absolute Gasteiger partial charge is 0.373 e. The first kappa shape index (κ1) is 11.0. The summed E-state index contributed by atoms with van der Waals surface area (Å²) in [6.07, 6.45) is 0. The Balaban J connectivity index is 2.72. The molecule has 0 N–H and O–H groups in total. The fraction of sp³-hybridized carbons (Fsp3) is 1.00. The molecular weight excluding hydrogens is 162 g/mol. The van der Waals surface area contributed by atoms with E-state index in [1.54, 1.807) is 0 Å². The van der Waals surface area contributed by atoms with Gasteiger partial charge in [-0.05, 0) is 41.5 Å². The van der Waals surface area contributed by atoms with Crippen LogP contribution >= 0.6 is 0 Å². The third-order valence-electron chi connectivity index (χ3n) is 2.66. The molecule has 1 aliphatic heterocycles. The van der Waals surface area contributed by atoms with E-state index in [-0.39, 0.29) is 11.1 Å². The van der Waals surface area contributed by atoms with Gasteiger partial charge in [0.2, 0.25) is 0 Å². The van der Waals surface area contributed by atoms with Crippen LogP contribution in [-0.2, 0) is 4.74 Å². The van der Waals surface area contributed by atoms with Gasteiger partial charge in [-0.15, -0.1) is 0 Å². The maximum atomic E-state index is 5.76. The Morgan fingerprint density at radius 3 is 2.23 bits per heavy atom. The Hall–Kier alpha value is -0.0800. The van der Waals surface area contributed by atoms with Crippen molar-refractivity contribution < 1.29 is 4.74 Å². The summed E-state index contributed by atoms with van der Waals surface area (Å²) in [7, 11) is 0. The molecule has 1 saturated heterocycles. The Labute approximate surface area is 82.3 Å². The fourth-order valence-corrected chi connectivity index (χ4v) is 1.95. The van der Waals surface area contributed by atoms with Gasteiger partial charge in [-0.2, -0.15) is 0 Å².